The molecule has 0 aliphatic rings. The van der Waals surface area contributed by atoms with Crippen LogP contribution in [0, 0.1) is 13.8 Å². The maximum Gasteiger partial charge on any atom is 0.310 e. The number of hydrogen-bond acceptors (Lipinski definition) is 3. The summed E-state index contributed by atoms with van der Waals surface area (Å²) in [4.78, 5) is 15.9. The molecule has 0 saturated carbocycles. The van der Waals surface area contributed by atoms with Gasteiger partial charge in [0, 0.05) is 16.1 Å². The first kappa shape index (κ1) is 12.8. The summed E-state index contributed by atoms with van der Waals surface area (Å²) in [6.07, 6.45) is 0.232. The van der Waals surface area contributed by atoms with Crippen LogP contribution in [0.4, 0.5) is 0 Å². The van der Waals surface area contributed by atoms with Crippen molar-refractivity contribution >= 4 is 28.5 Å². The second kappa shape index (κ2) is 4.94. The lowest BCUT2D eigenvalue weighted by Gasteiger charge is -2.09. The van der Waals surface area contributed by atoms with Crippen LogP contribution in [0.1, 0.15) is 16.8 Å². The molecule has 0 N–H and O–H groups in total. The zero-order valence-corrected chi connectivity index (χ0v) is 11.3. The minimum absolute atomic E-state index is 0.232. The van der Waals surface area contributed by atoms with Gasteiger partial charge in [0.05, 0.1) is 19.0 Å². The van der Waals surface area contributed by atoms with Crippen LogP contribution in [-0.2, 0) is 16.0 Å². The lowest BCUT2D eigenvalue weighted by Crippen LogP contribution is -2.06. The van der Waals surface area contributed by atoms with Crippen molar-refractivity contribution in [3.63, 3.8) is 0 Å². The van der Waals surface area contributed by atoms with Gasteiger partial charge in [0.1, 0.15) is 0 Å². The standard InChI is InChI=1S/C14H14ClNO2/c1-8-4-11(15)7-12-10(6-13(17)18-3)5-9(2)16-14(8)12/h4-5,7H,6H2,1-3H3. The van der Waals surface area contributed by atoms with Gasteiger partial charge < -0.3 is 4.74 Å². The summed E-state index contributed by atoms with van der Waals surface area (Å²) < 4.78 is 4.71. The van der Waals surface area contributed by atoms with E-state index in [1.54, 1.807) is 0 Å². The number of ether oxygens (including phenoxy) is 1. The number of pyridine rings is 1. The largest absolute Gasteiger partial charge is 0.469 e. The quantitative estimate of drug-likeness (QED) is 0.781. The predicted octanol–water partition coefficient (Wildman–Crippen LogP) is 3.22. The molecule has 1 heterocycles. The highest BCUT2D eigenvalue weighted by atomic mass is 35.5. The molecular formula is C14H14ClNO2. The average molecular weight is 264 g/mol. The highest BCUT2D eigenvalue weighted by molar-refractivity contribution is 6.31. The highest BCUT2D eigenvalue weighted by Gasteiger charge is 2.11. The number of benzene rings is 1. The molecule has 0 radical (unpaired) electrons. The van der Waals surface area contributed by atoms with Crippen molar-refractivity contribution in [2.24, 2.45) is 0 Å². The van der Waals surface area contributed by atoms with Crippen molar-refractivity contribution in [1.82, 2.24) is 4.98 Å². The van der Waals surface area contributed by atoms with Crippen molar-refractivity contribution in [3.8, 4) is 0 Å². The number of methoxy groups -OCH3 is 1. The van der Waals surface area contributed by atoms with E-state index < -0.39 is 0 Å². The Morgan fingerprint density at radius 3 is 2.72 bits per heavy atom. The molecule has 0 fully saturated rings. The molecule has 3 nitrogen and oxygen atoms in total. The number of aromatic nitrogens is 1. The Bertz CT molecular complexity index is 623. The van der Waals surface area contributed by atoms with Crippen molar-refractivity contribution in [1.29, 1.82) is 0 Å². The number of aryl methyl sites for hydroxylation is 2. The van der Waals surface area contributed by atoms with E-state index in [4.69, 9.17) is 16.3 Å². The van der Waals surface area contributed by atoms with E-state index in [0.29, 0.717) is 5.02 Å². The normalized spacial score (nSPS) is 10.7. The second-order valence-electron chi connectivity index (χ2n) is 4.29. The molecule has 0 bridgehead atoms. The Morgan fingerprint density at radius 2 is 2.06 bits per heavy atom. The molecule has 0 unspecified atom stereocenters. The fourth-order valence-electron chi connectivity index (χ4n) is 2.04. The van der Waals surface area contributed by atoms with E-state index in [9.17, 15) is 4.79 Å². The zero-order chi connectivity index (χ0) is 13.3. The van der Waals surface area contributed by atoms with E-state index in [1.807, 2.05) is 32.0 Å². The van der Waals surface area contributed by atoms with Gasteiger partial charge >= 0.3 is 5.97 Å². The maximum absolute atomic E-state index is 11.4. The molecule has 94 valence electrons. The molecule has 1 aromatic carbocycles. The van der Waals surface area contributed by atoms with Crippen LogP contribution < -0.4 is 0 Å². The number of carbonyl (C=O) groups excluding carboxylic acids is 1. The fourth-order valence-corrected chi connectivity index (χ4v) is 2.31. The first-order chi connectivity index (χ1) is 8.51. The summed E-state index contributed by atoms with van der Waals surface area (Å²) in [7, 11) is 1.39. The molecule has 0 atom stereocenters. The Balaban J connectivity index is 2.67. The second-order valence-corrected chi connectivity index (χ2v) is 4.73. The van der Waals surface area contributed by atoms with Gasteiger partial charge in [-0.1, -0.05) is 11.6 Å². The lowest BCUT2D eigenvalue weighted by atomic mass is 10.0. The van der Waals surface area contributed by atoms with Gasteiger partial charge in [-0.2, -0.15) is 0 Å². The van der Waals surface area contributed by atoms with Crippen LogP contribution in [0.3, 0.4) is 0 Å². The van der Waals surface area contributed by atoms with Gasteiger partial charge in [0.15, 0.2) is 0 Å². The van der Waals surface area contributed by atoms with Gasteiger partial charge in [-0.05, 0) is 43.2 Å². The number of fused-ring (bicyclic) bond motifs is 1. The van der Waals surface area contributed by atoms with Crippen LogP contribution in [0.2, 0.25) is 5.02 Å². The van der Waals surface area contributed by atoms with Gasteiger partial charge in [0.25, 0.3) is 0 Å². The Hall–Kier alpha value is -1.61. The molecule has 0 aliphatic heterocycles. The monoisotopic (exact) mass is 263 g/mol. The maximum atomic E-state index is 11.4. The summed E-state index contributed by atoms with van der Waals surface area (Å²) in [6, 6.07) is 5.61. The number of esters is 1. The van der Waals surface area contributed by atoms with Crippen LogP contribution >= 0.6 is 11.6 Å². The summed E-state index contributed by atoms with van der Waals surface area (Å²) in [6.45, 7) is 3.87. The third-order valence-electron chi connectivity index (χ3n) is 2.84. The summed E-state index contributed by atoms with van der Waals surface area (Å²) >= 11 is 6.06. The number of nitrogens with zero attached hydrogens (tertiary/aromatic N) is 1. The highest BCUT2D eigenvalue weighted by Crippen LogP contribution is 2.26. The molecule has 2 rings (SSSR count). The number of hydrogen-bond donors (Lipinski definition) is 0. The van der Waals surface area contributed by atoms with Crippen molar-refractivity contribution in [2.75, 3.05) is 7.11 Å². The summed E-state index contributed by atoms with van der Waals surface area (Å²) in [5.41, 5.74) is 3.67. The van der Waals surface area contributed by atoms with Crippen LogP contribution in [0.25, 0.3) is 10.9 Å². The Labute approximate surface area is 111 Å². The summed E-state index contributed by atoms with van der Waals surface area (Å²) in [5.74, 6) is -0.264. The van der Waals surface area contributed by atoms with Gasteiger partial charge in [-0.15, -0.1) is 0 Å². The van der Waals surface area contributed by atoms with Gasteiger partial charge in [-0.3, -0.25) is 9.78 Å². The summed E-state index contributed by atoms with van der Waals surface area (Å²) in [5, 5.41) is 1.56. The fraction of sp³-hybridized carbons (Fsp3) is 0.286. The third-order valence-corrected chi connectivity index (χ3v) is 3.06. The minimum atomic E-state index is -0.264. The molecular weight excluding hydrogens is 250 g/mol. The van der Waals surface area contributed by atoms with E-state index >= 15 is 0 Å². The average Bonchev–Trinajstić information content (AvgIpc) is 2.30. The zero-order valence-electron chi connectivity index (χ0n) is 10.6. The van der Waals surface area contributed by atoms with Crippen LogP contribution in [0.5, 0.6) is 0 Å². The molecule has 0 aliphatic carbocycles. The number of carbonyl (C=O) groups is 1. The topological polar surface area (TPSA) is 39.2 Å². The molecule has 2 aromatic rings. The van der Waals surface area contributed by atoms with Crippen molar-refractivity contribution in [3.05, 3.63) is 40.0 Å². The molecule has 18 heavy (non-hydrogen) atoms. The molecule has 4 heteroatoms. The van der Waals surface area contributed by atoms with Crippen molar-refractivity contribution < 1.29 is 9.53 Å². The van der Waals surface area contributed by atoms with Crippen LogP contribution in [0.15, 0.2) is 18.2 Å². The number of rotatable bonds is 2. The third kappa shape index (κ3) is 2.46. The van der Waals surface area contributed by atoms with E-state index in [2.05, 4.69) is 4.98 Å². The lowest BCUT2D eigenvalue weighted by molar-refractivity contribution is -0.139. The SMILES string of the molecule is COC(=O)Cc1cc(C)nc2c(C)cc(Cl)cc12. The Kier molecular flexibility index (Phi) is 3.53. The predicted molar refractivity (Wildman–Crippen MR) is 71.9 cm³/mol. The minimum Gasteiger partial charge on any atom is -0.469 e. The molecule has 0 amide bonds. The molecule has 0 spiro atoms. The van der Waals surface area contributed by atoms with Crippen molar-refractivity contribution in [2.45, 2.75) is 20.3 Å². The first-order valence-corrected chi connectivity index (χ1v) is 6.02. The number of halogens is 1. The first-order valence-electron chi connectivity index (χ1n) is 5.64. The van der Waals surface area contributed by atoms with E-state index in [-0.39, 0.29) is 12.4 Å². The molecule has 1 aromatic heterocycles. The van der Waals surface area contributed by atoms with Gasteiger partial charge in [-0.25, -0.2) is 0 Å². The smallest absolute Gasteiger partial charge is 0.310 e. The van der Waals surface area contributed by atoms with Gasteiger partial charge in [0.2, 0.25) is 0 Å². The van der Waals surface area contributed by atoms with Crippen LogP contribution in [-0.4, -0.2) is 18.1 Å². The van der Waals surface area contributed by atoms with E-state index in [0.717, 1.165) is 27.7 Å². The molecule has 0 saturated heterocycles. The Morgan fingerprint density at radius 1 is 1.33 bits per heavy atom. The van der Waals surface area contributed by atoms with E-state index in [1.165, 1.54) is 7.11 Å².